The summed E-state index contributed by atoms with van der Waals surface area (Å²) in [5.74, 6) is -0.211. The van der Waals surface area contributed by atoms with Crippen LogP contribution >= 0.6 is 0 Å². The molecule has 4 fully saturated rings. The second kappa shape index (κ2) is 10.9. The Bertz CT molecular complexity index is 865. The van der Waals surface area contributed by atoms with Crippen LogP contribution in [0.15, 0.2) is 0 Å². The van der Waals surface area contributed by atoms with Gasteiger partial charge in [0.2, 0.25) is 5.91 Å². The predicted molar refractivity (Wildman–Crippen MR) is 137 cm³/mol. The van der Waals surface area contributed by atoms with Gasteiger partial charge >= 0.3 is 5.97 Å². The number of amides is 1. The van der Waals surface area contributed by atoms with Gasteiger partial charge in [-0.05, 0) is 104 Å². The van der Waals surface area contributed by atoms with Gasteiger partial charge in [0.15, 0.2) is 6.29 Å². The van der Waals surface area contributed by atoms with Crippen molar-refractivity contribution >= 4 is 18.2 Å². The molecule has 4 rings (SSSR count). The summed E-state index contributed by atoms with van der Waals surface area (Å²) in [5.41, 5.74) is -0.297. The molecule has 0 aromatic carbocycles. The molecule has 0 saturated heterocycles. The van der Waals surface area contributed by atoms with Gasteiger partial charge in [0.1, 0.15) is 6.04 Å². The number of hydrogen-bond donors (Lipinski definition) is 5. The minimum Gasteiger partial charge on any atom is -0.480 e. The Morgan fingerprint density at radius 1 is 1.03 bits per heavy atom. The van der Waals surface area contributed by atoms with Crippen LogP contribution in [0.5, 0.6) is 0 Å². The van der Waals surface area contributed by atoms with E-state index in [2.05, 4.69) is 26.1 Å². The molecule has 0 aromatic heterocycles. The average molecular weight is 521 g/mol. The molecule has 8 heteroatoms. The molecule has 0 heterocycles. The molecule has 4 saturated carbocycles. The van der Waals surface area contributed by atoms with Crippen LogP contribution in [0.3, 0.4) is 0 Å². The molecule has 5 N–H and O–H groups in total. The third-order valence-corrected chi connectivity index (χ3v) is 11.5. The zero-order valence-corrected chi connectivity index (χ0v) is 22.6. The van der Waals surface area contributed by atoms with Crippen LogP contribution in [0.2, 0.25) is 0 Å². The van der Waals surface area contributed by atoms with Gasteiger partial charge in [0.25, 0.3) is 0 Å². The van der Waals surface area contributed by atoms with Crippen molar-refractivity contribution in [3.63, 3.8) is 0 Å². The zero-order chi connectivity index (χ0) is 27.1. The fourth-order valence-corrected chi connectivity index (χ4v) is 9.42. The summed E-state index contributed by atoms with van der Waals surface area (Å²) in [6.45, 7) is 6.64. The molecular weight excluding hydrogens is 474 g/mol. The molecule has 1 radical (unpaired) electrons. The molecule has 0 aliphatic heterocycles. The molecule has 209 valence electrons. The van der Waals surface area contributed by atoms with Crippen molar-refractivity contribution in [3.8, 4) is 0 Å². The van der Waals surface area contributed by atoms with Crippen molar-refractivity contribution in [2.75, 3.05) is 0 Å². The predicted octanol–water partition coefficient (Wildman–Crippen LogP) is 2.82. The Balaban J connectivity index is 1.43. The molecule has 1 unspecified atom stereocenters. The Morgan fingerprint density at radius 2 is 1.76 bits per heavy atom. The number of carboxylic acids is 1. The van der Waals surface area contributed by atoms with E-state index < -0.39 is 24.2 Å². The molecule has 8 nitrogen and oxygen atoms in total. The third-order valence-electron chi connectivity index (χ3n) is 11.5. The molecule has 4 aliphatic carbocycles. The quantitative estimate of drug-likeness (QED) is 0.314. The van der Waals surface area contributed by atoms with Crippen LogP contribution in [0.4, 0.5) is 0 Å². The largest absolute Gasteiger partial charge is 0.480 e. The highest BCUT2D eigenvalue weighted by atomic mass is 16.4. The third kappa shape index (κ3) is 5.10. The van der Waals surface area contributed by atoms with E-state index in [1.807, 2.05) is 0 Å². The summed E-state index contributed by atoms with van der Waals surface area (Å²) in [6.07, 6.45) is 7.05. The van der Waals surface area contributed by atoms with Crippen molar-refractivity contribution < 1.29 is 34.8 Å². The van der Waals surface area contributed by atoms with Crippen molar-refractivity contribution in [2.45, 2.75) is 116 Å². The average Bonchev–Trinajstić information content (AvgIpc) is 3.20. The fraction of sp³-hybridized carbons (Fsp3) is 0.897. The van der Waals surface area contributed by atoms with Gasteiger partial charge in [-0.15, -0.1) is 0 Å². The van der Waals surface area contributed by atoms with Crippen LogP contribution in [-0.4, -0.2) is 62.9 Å². The molecule has 1 amide bonds. The lowest BCUT2D eigenvalue weighted by atomic mass is 9.43. The van der Waals surface area contributed by atoms with Crippen LogP contribution in [0.25, 0.3) is 0 Å². The van der Waals surface area contributed by atoms with E-state index >= 15 is 0 Å². The summed E-state index contributed by atoms with van der Waals surface area (Å²) in [4.78, 5) is 34.4. The summed E-state index contributed by atoms with van der Waals surface area (Å²) in [5, 5.41) is 45.2. The summed E-state index contributed by atoms with van der Waals surface area (Å²) < 4.78 is 0. The first kappa shape index (κ1) is 28.5. The maximum absolute atomic E-state index is 12.5. The van der Waals surface area contributed by atoms with E-state index in [-0.39, 0.29) is 77.6 Å². The van der Waals surface area contributed by atoms with E-state index in [0.717, 1.165) is 38.5 Å². The van der Waals surface area contributed by atoms with E-state index in [4.69, 9.17) is 0 Å². The van der Waals surface area contributed by atoms with Crippen LogP contribution in [0.1, 0.15) is 91.4 Å². The van der Waals surface area contributed by atoms with E-state index in [9.17, 15) is 34.8 Å². The SMILES string of the molecule is C[C@H](CCC(=O)NC(CC[C]=O)C(=O)O)[C@H]1CC[C@H]2[C@@H]3[C@H](O)C[C@@H]4C[C@H](O)CC[C@]4(C)[C@H]3C[C@H](O)[C@]12C. The number of nitrogens with one attached hydrogen (secondary N) is 1. The minimum atomic E-state index is -1.16. The van der Waals surface area contributed by atoms with Gasteiger partial charge < -0.3 is 25.7 Å². The van der Waals surface area contributed by atoms with Gasteiger partial charge in [0.05, 0.1) is 18.3 Å². The van der Waals surface area contributed by atoms with Crippen LogP contribution in [0, 0.1) is 46.3 Å². The van der Waals surface area contributed by atoms with Crippen molar-refractivity contribution in [1.82, 2.24) is 5.32 Å². The molecule has 0 aromatic rings. The topological polar surface area (TPSA) is 144 Å². The second-order valence-electron chi connectivity index (χ2n) is 13.2. The van der Waals surface area contributed by atoms with Crippen LogP contribution in [-0.2, 0) is 14.4 Å². The van der Waals surface area contributed by atoms with E-state index in [0.29, 0.717) is 12.8 Å². The summed E-state index contributed by atoms with van der Waals surface area (Å²) in [6, 6.07) is -1.09. The van der Waals surface area contributed by atoms with Gasteiger partial charge in [-0.2, -0.15) is 0 Å². The molecule has 0 spiro atoms. The zero-order valence-electron chi connectivity index (χ0n) is 22.6. The normalized spacial score (nSPS) is 44.6. The van der Waals surface area contributed by atoms with Crippen molar-refractivity contribution in [3.05, 3.63) is 0 Å². The molecular formula is C29H46NO7. The Labute approximate surface area is 220 Å². The first-order valence-electron chi connectivity index (χ1n) is 14.3. The minimum absolute atomic E-state index is 0.0261. The number of aliphatic carboxylic acids is 1. The number of hydrogen-bond acceptors (Lipinski definition) is 6. The lowest BCUT2D eigenvalue weighted by Crippen LogP contribution is -2.62. The number of carbonyl (C=O) groups excluding carboxylic acids is 2. The lowest BCUT2D eigenvalue weighted by molar-refractivity contribution is -0.207. The molecule has 4 aliphatic rings. The number of aliphatic hydroxyl groups excluding tert-OH is 3. The number of aliphatic hydroxyl groups is 3. The Kier molecular flexibility index (Phi) is 8.42. The van der Waals surface area contributed by atoms with E-state index in [1.54, 1.807) is 6.29 Å². The van der Waals surface area contributed by atoms with Crippen LogP contribution < -0.4 is 5.32 Å². The van der Waals surface area contributed by atoms with Gasteiger partial charge in [-0.1, -0.05) is 20.8 Å². The number of carbonyl (C=O) groups is 2. The number of fused-ring (bicyclic) bond motifs is 5. The van der Waals surface area contributed by atoms with E-state index in [1.165, 1.54) is 0 Å². The maximum atomic E-state index is 12.5. The first-order chi connectivity index (χ1) is 17.4. The van der Waals surface area contributed by atoms with Gasteiger partial charge in [0, 0.05) is 12.8 Å². The Morgan fingerprint density at radius 3 is 2.43 bits per heavy atom. The molecule has 37 heavy (non-hydrogen) atoms. The summed E-state index contributed by atoms with van der Waals surface area (Å²) >= 11 is 0. The highest BCUT2D eigenvalue weighted by Crippen LogP contribution is 2.68. The van der Waals surface area contributed by atoms with Crippen molar-refractivity contribution in [1.29, 1.82) is 0 Å². The van der Waals surface area contributed by atoms with Gasteiger partial charge in [-0.3, -0.25) is 9.59 Å². The lowest BCUT2D eigenvalue weighted by Gasteiger charge is -2.63. The Hall–Kier alpha value is -1.51. The monoisotopic (exact) mass is 520 g/mol. The maximum Gasteiger partial charge on any atom is 0.326 e. The number of rotatable bonds is 9. The number of carboxylic acid groups (broad SMARTS) is 1. The fourth-order valence-electron chi connectivity index (χ4n) is 9.42. The standard InChI is InChI=1S/C29H46NO7/c1-16(6-9-25(35)30-22(27(36)37)5-4-12-31)19-7-8-20-26-21(15-24(34)29(19,20)3)28(2)11-10-18(32)13-17(28)14-23(26)33/h16-24,26,32-34H,4-11,13-15H2,1-3H3,(H,30,35)(H,36,37)/t16-,17+,18-,19-,20+,21+,22?,23-,24+,26+,28+,29-/m1/s1. The first-order valence-corrected chi connectivity index (χ1v) is 14.3. The summed E-state index contributed by atoms with van der Waals surface area (Å²) in [7, 11) is 0. The second-order valence-corrected chi connectivity index (χ2v) is 13.2. The smallest absolute Gasteiger partial charge is 0.326 e. The highest BCUT2D eigenvalue weighted by molar-refractivity contribution is 5.83. The molecule has 12 atom stereocenters. The highest BCUT2D eigenvalue weighted by Gasteiger charge is 2.65. The molecule has 0 bridgehead atoms. The van der Waals surface area contributed by atoms with Gasteiger partial charge in [-0.25, -0.2) is 4.79 Å². The van der Waals surface area contributed by atoms with Crippen molar-refractivity contribution in [2.24, 2.45) is 46.3 Å².